The number of hydrogen-bond donors (Lipinski definition) is 1. The van der Waals surface area contributed by atoms with Crippen molar-refractivity contribution in [2.75, 3.05) is 26.7 Å². The van der Waals surface area contributed by atoms with Crippen LogP contribution in [0.2, 0.25) is 10.0 Å². The zero-order chi connectivity index (χ0) is 33.7. The second-order valence-electron chi connectivity index (χ2n) is 12.4. The van der Waals surface area contributed by atoms with Gasteiger partial charge >= 0.3 is 0 Å². The number of piperidine rings is 1. The van der Waals surface area contributed by atoms with E-state index >= 15 is 4.39 Å². The molecule has 1 N–H and O–H groups in total. The summed E-state index contributed by atoms with van der Waals surface area (Å²) in [5.41, 5.74) is 2.93. The molecule has 48 heavy (non-hydrogen) atoms. The molecule has 0 unspecified atom stereocenters. The first-order valence-corrected chi connectivity index (χ1v) is 16.6. The van der Waals surface area contributed by atoms with Gasteiger partial charge in [-0.2, -0.15) is 10.4 Å². The Morgan fingerprint density at radius 1 is 1.15 bits per heavy atom. The number of ether oxygens (including phenoxy) is 1. The Morgan fingerprint density at radius 2 is 1.98 bits per heavy atom. The van der Waals surface area contributed by atoms with Gasteiger partial charge in [-0.15, -0.1) is 5.10 Å². The lowest BCUT2D eigenvalue weighted by Crippen LogP contribution is -2.46. The summed E-state index contributed by atoms with van der Waals surface area (Å²) in [7, 11) is 2.06. The summed E-state index contributed by atoms with van der Waals surface area (Å²) in [4.78, 5) is 21.4. The van der Waals surface area contributed by atoms with E-state index in [0.29, 0.717) is 69.5 Å². The lowest BCUT2D eigenvalue weighted by Gasteiger charge is -2.37. The Balaban J connectivity index is 1.41. The van der Waals surface area contributed by atoms with Gasteiger partial charge in [0.25, 0.3) is 5.91 Å². The predicted molar refractivity (Wildman–Crippen MR) is 181 cm³/mol. The fraction of sp³-hybridized carbons (Fsp3) is 0.412. The molecule has 246 valence electrons. The maximum absolute atomic E-state index is 17.1. The predicted octanol–water partition coefficient (Wildman–Crippen LogP) is 6.22. The summed E-state index contributed by atoms with van der Waals surface area (Å²) in [6.07, 6.45) is 4.76. The van der Waals surface area contributed by atoms with Gasteiger partial charge in [0.05, 0.1) is 35.3 Å². The van der Waals surface area contributed by atoms with Gasteiger partial charge in [0.1, 0.15) is 17.6 Å². The number of nitriles is 1. The summed E-state index contributed by atoms with van der Waals surface area (Å²) < 4.78 is 25.2. The number of likely N-dealkylation sites (tertiary alicyclic amines) is 2. The molecule has 2 fully saturated rings. The Labute approximate surface area is 285 Å². The summed E-state index contributed by atoms with van der Waals surface area (Å²) in [5, 5.41) is 27.4. The summed E-state index contributed by atoms with van der Waals surface area (Å²) in [6, 6.07) is 5.19. The number of nitrogens with zero attached hydrogens (tertiary/aromatic N) is 8. The number of pyridine rings is 1. The van der Waals surface area contributed by atoms with Crippen molar-refractivity contribution >= 4 is 61.9 Å². The van der Waals surface area contributed by atoms with Crippen LogP contribution in [0.1, 0.15) is 50.6 Å². The smallest absolute Gasteiger partial charge is 0.298 e. The minimum atomic E-state index is -0.635. The monoisotopic (exact) mass is 687 g/mol. The van der Waals surface area contributed by atoms with E-state index in [1.54, 1.807) is 34.8 Å². The van der Waals surface area contributed by atoms with Crippen LogP contribution >= 0.6 is 23.2 Å². The largest absolute Gasteiger partial charge is 0.474 e. The summed E-state index contributed by atoms with van der Waals surface area (Å²) in [5.74, 6) is 4.48. The van der Waals surface area contributed by atoms with Gasteiger partial charge in [0.2, 0.25) is 5.88 Å². The number of fused-ring (bicyclic) bond motifs is 4. The number of nitrogens with one attached hydrogen (secondary N) is 1. The number of amides is 1. The van der Waals surface area contributed by atoms with Crippen molar-refractivity contribution in [1.82, 2.24) is 40.0 Å². The van der Waals surface area contributed by atoms with Crippen molar-refractivity contribution in [2.45, 2.75) is 64.1 Å². The molecule has 3 aromatic heterocycles. The van der Waals surface area contributed by atoms with Crippen LogP contribution in [0.4, 0.5) is 4.39 Å². The molecule has 0 spiro atoms. The molecule has 1 amide bonds. The number of rotatable bonds is 6. The molecule has 2 aliphatic heterocycles. The first-order valence-electron chi connectivity index (χ1n) is 15.8. The molecule has 0 bridgehead atoms. The normalized spacial score (nSPS) is 19.9. The second kappa shape index (κ2) is 12.8. The lowest BCUT2D eigenvalue weighted by molar-refractivity contribution is -0.129. The fourth-order valence-corrected chi connectivity index (χ4v) is 7.66. The van der Waals surface area contributed by atoms with Crippen LogP contribution < -0.4 is 4.74 Å². The number of aromatic amines is 1. The third-order valence-corrected chi connectivity index (χ3v) is 10.4. The zero-order valence-electron chi connectivity index (χ0n) is 26.6. The van der Waals surface area contributed by atoms with Crippen LogP contribution in [0.5, 0.6) is 5.88 Å². The Morgan fingerprint density at radius 3 is 2.73 bits per heavy atom. The Bertz CT molecular complexity index is 2200. The average molecular weight is 689 g/mol. The quantitative estimate of drug-likeness (QED) is 0.208. The number of H-pyrrole nitrogens is 1. The molecule has 2 saturated heterocycles. The van der Waals surface area contributed by atoms with Gasteiger partial charge < -0.3 is 14.5 Å². The van der Waals surface area contributed by atoms with E-state index in [4.69, 9.17) is 32.9 Å². The van der Waals surface area contributed by atoms with E-state index < -0.39 is 5.82 Å². The molecule has 5 heterocycles. The average Bonchev–Trinajstić information content (AvgIpc) is 3.82. The standard InChI is InChI=1S/C34H32Cl2FN9O2/c1-4-6-27(47)45-12-9-20(13-19(45)8-10-38)46-33-22-14-25(36)29(28-18(2)24(35)15-26-23(28)16-39-41-26)30(37)31(22)40-34(32(33)42-43-46)48-17-21-7-5-11-44(21)3/h14-16,19-21H,5,7-9,11-13,17H2,1-3H3,(H,39,41)/t19-,20+,21+/m1/s1. The van der Waals surface area contributed by atoms with Gasteiger partial charge in [-0.3, -0.25) is 9.89 Å². The molecule has 11 nitrogen and oxygen atoms in total. The second-order valence-corrected chi connectivity index (χ2v) is 13.3. The molecule has 0 saturated carbocycles. The summed E-state index contributed by atoms with van der Waals surface area (Å²) in [6.45, 7) is 5.12. The van der Waals surface area contributed by atoms with Crippen LogP contribution in [-0.2, 0) is 4.79 Å². The van der Waals surface area contributed by atoms with Crippen molar-refractivity contribution in [2.24, 2.45) is 0 Å². The van der Waals surface area contributed by atoms with Crippen LogP contribution in [-0.4, -0.2) is 84.7 Å². The number of carbonyl (C=O) groups excluding carboxylic acids is 1. The van der Waals surface area contributed by atoms with Crippen molar-refractivity contribution in [3.05, 3.63) is 39.8 Å². The van der Waals surface area contributed by atoms with Crippen molar-refractivity contribution in [1.29, 1.82) is 5.26 Å². The highest BCUT2D eigenvalue weighted by atomic mass is 35.5. The SMILES string of the molecule is CC#CC(=O)N1CC[C@H](n2nnc3c(OC[C@@H]4CCCN4C)nc4c(F)c(-c5c(C)c(Cl)cc6[nH]ncc56)c(Cl)cc4c32)C[C@H]1CC#N. The molecule has 7 rings (SSSR count). The van der Waals surface area contributed by atoms with E-state index in [1.165, 1.54) is 0 Å². The van der Waals surface area contributed by atoms with Crippen LogP contribution in [0, 0.1) is 35.9 Å². The maximum atomic E-state index is 17.1. The first kappa shape index (κ1) is 32.1. The number of aromatic nitrogens is 6. The number of benzene rings is 2. The van der Waals surface area contributed by atoms with Crippen LogP contribution in [0.15, 0.2) is 18.3 Å². The van der Waals surface area contributed by atoms with Crippen molar-refractivity contribution < 1.29 is 13.9 Å². The van der Waals surface area contributed by atoms with Gasteiger partial charge in [-0.25, -0.2) is 14.1 Å². The zero-order valence-corrected chi connectivity index (χ0v) is 28.2. The third kappa shape index (κ3) is 5.38. The first-order chi connectivity index (χ1) is 23.2. The minimum absolute atomic E-state index is 0.0515. The summed E-state index contributed by atoms with van der Waals surface area (Å²) >= 11 is 13.6. The molecular formula is C34H32Cl2FN9O2. The van der Waals surface area contributed by atoms with E-state index in [9.17, 15) is 10.1 Å². The Hall–Kier alpha value is -4.49. The molecule has 2 aliphatic rings. The van der Waals surface area contributed by atoms with Gasteiger partial charge in [0.15, 0.2) is 11.3 Å². The molecule has 0 radical (unpaired) electrons. The molecule has 0 aliphatic carbocycles. The van der Waals surface area contributed by atoms with Crippen LogP contribution in [0.3, 0.4) is 0 Å². The van der Waals surface area contributed by atoms with Gasteiger partial charge in [-0.1, -0.05) is 34.3 Å². The molecule has 14 heteroatoms. The number of likely N-dealkylation sites (N-methyl/N-ethyl adjacent to an activating group) is 1. The van der Waals surface area contributed by atoms with E-state index in [2.05, 4.69) is 50.4 Å². The topological polar surface area (TPSA) is 129 Å². The van der Waals surface area contributed by atoms with E-state index in [0.717, 1.165) is 19.4 Å². The molecular weight excluding hydrogens is 656 g/mol. The van der Waals surface area contributed by atoms with Gasteiger partial charge in [-0.05, 0) is 76.7 Å². The minimum Gasteiger partial charge on any atom is -0.474 e. The maximum Gasteiger partial charge on any atom is 0.298 e. The highest BCUT2D eigenvalue weighted by molar-refractivity contribution is 6.36. The van der Waals surface area contributed by atoms with Crippen molar-refractivity contribution in [3.63, 3.8) is 0 Å². The lowest BCUT2D eigenvalue weighted by atomic mass is 9.94. The van der Waals surface area contributed by atoms with Crippen LogP contribution in [0.25, 0.3) is 44.0 Å². The molecule has 3 atom stereocenters. The Kier molecular flexibility index (Phi) is 8.58. The number of halogens is 3. The highest BCUT2D eigenvalue weighted by Gasteiger charge is 2.35. The fourth-order valence-electron chi connectivity index (χ4n) is 7.17. The molecule has 2 aromatic carbocycles. The molecule has 5 aromatic rings. The van der Waals surface area contributed by atoms with E-state index in [-0.39, 0.29) is 52.4 Å². The third-order valence-electron chi connectivity index (χ3n) is 9.69. The highest BCUT2D eigenvalue weighted by Crippen LogP contribution is 2.45. The van der Waals surface area contributed by atoms with E-state index in [1.807, 2.05) is 6.92 Å². The van der Waals surface area contributed by atoms with Gasteiger partial charge in [0, 0.05) is 45.6 Å². The number of hydrogen-bond acceptors (Lipinski definition) is 8. The van der Waals surface area contributed by atoms with Crippen molar-refractivity contribution in [3.8, 4) is 34.9 Å². The number of carbonyl (C=O) groups is 1.